The van der Waals surface area contributed by atoms with Crippen molar-refractivity contribution in [3.63, 3.8) is 0 Å². The molecule has 2 nitrogen and oxygen atoms in total. The van der Waals surface area contributed by atoms with Gasteiger partial charge in [-0.05, 0) is 17.9 Å². The Kier molecular flexibility index (Phi) is 4.56. The van der Waals surface area contributed by atoms with E-state index in [2.05, 4.69) is 6.92 Å². The third kappa shape index (κ3) is 3.81. The van der Waals surface area contributed by atoms with Gasteiger partial charge in [-0.25, -0.2) is 0 Å². The van der Waals surface area contributed by atoms with Crippen molar-refractivity contribution >= 4 is 7.37 Å². The number of benzene rings is 1. The van der Waals surface area contributed by atoms with Crippen LogP contribution in [0, 0.1) is 0 Å². The van der Waals surface area contributed by atoms with Gasteiger partial charge in [0, 0.05) is 12.3 Å². The second-order valence-electron chi connectivity index (χ2n) is 3.86. The fourth-order valence-electron chi connectivity index (χ4n) is 1.67. The normalized spacial score (nSPS) is 17.0. The highest BCUT2D eigenvalue weighted by molar-refractivity contribution is 7.58. The zero-order chi connectivity index (χ0) is 11.3. The van der Waals surface area contributed by atoms with Gasteiger partial charge < -0.3 is 4.89 Å². The Labute approximate surface area is 91.8 Å². The SMILES string of the molecule is CCC(CP(=O)(O)CC)c1ccccc1. The van der Waals surface area contributed by atoms with E-state index < -0.39 is 7.37 Å². The van der Waals surface area contributed by atoms with Crippen molar-refractivity contribution < 1.29 is 9.46 Å². The summed E-state index contributed by atoms with van der Waals surface area (Å²) < 4.78 is 11.7. The van der Waals surface area contributed by atoms with Gasteiger partial charge in [0.05, 0.1) is 0 Å². The Morgan fingerprint density at radius 3 is 2.33 bits per heavy atom. The van der Waals surface area contributed by atoms with Crippen LogP contribution in [0.15, 0.2) is 30.3 Å². The lowest BCUT2D eigenvalue weighted by molar-refractivity contribution is 0.472. The topological polar surface area (TPSA) is 37.3 Å². The highest BCUT2D eigenvalue weighted by Gasteiger charge is 2.21. The van der Waals surface area contributed by atoms with Crippen LogP contribution in [-0.2, 0) is 4.57 Å². The van der Waals surface area contributed by atoms with Gasteiger partial charge in [-0.2, -0.15) is 0 Å². The summed E-state index contributed by atoms with van der Waals surface area (Å²) in [7, 11) is -2.91. The van der Waals surface area contributed by atoms with E-state index in [4.69, 9.17) is 0 Å². The summed E-state index contributed by atoms with van der Waals surface area (Å²) >= 11 is 0. The fourth-order valence-corrected chi connectivity index (χ4v) is 3.08. The van der Waals surface area contributed by atoms with Crippen molar-refractivity contribution in [2.24, 2.45) is 0 Å². The maximum Gasteiger partial charge on any atom is 0.200 e. The Bertz CT molecular complexity index is 335. The first-order valence-corrected chi connectivity index (χ1v) is 7.48. The van der Waals surface area contributed by atoms with Crippen LogP contribution in [0.1, 0.15) is 31.7 Å². The van der Waals surface area contributed by atoms with Crippen LogP contribution in [0.2, 0.25) is 0 Å². The second-order valence-corrected chi connectivity index (χ2v) is 6.55. The molecule has 0 aliphatic heterocycles. The molecule has 0 spiro atoms. The molecule has 2 unspecified atom stereocenters. The molecular weight excluding hydrogens is 207 g/mol. The molecule has 0 aromatic heterocycles. The van der Waals surface area contributed by atoms with Gasteiger partial charge in [0.25, 0.3) is 0 Å². The predicted molar refractivity (Wildman–Crippen MR) is 64.7 cm³/mol. The molecule has 0 aliphatic rings. The molecule has 0 heterocycles. The van der Waals surface area contributed by atoms with Crippen molar-refractivity contribution in [1.29, 1.82) is 0 Å². The van der Waals surface area contributed by atoms with Crippen LogP contribution in [-0.4, -0.2) is 17.2 Å². The van der Waals surface area contributed by atoms with Gasteiger partial charge in [-0.3, -0.25) is 4.57 Å². The Hall–Kier alpha value is -0.590. The summed E-state index contributed by atoms with van der Waals surface area (Å²) in [6, 6.07) is 9.99. The van der Waals surface area contributed by atoms with Gasteiger partial charge in [0.1, 0.15) is 0 Å². The first-order valence-electron chi connectivity index (χ1n) is 5.45. The van der Waals surface area contributed by atoms with Crippen LogP contribution in [0.4, 0.5) is 0 Å². The molecule has 0 bridgehead atoms. The van der Waals surface area contributed by atoms with E-state index >= 15 is 0 Å². The molecule has 1 aromatic carbocycles. The standard InChI is InChI=1S/C12H19O2P/c1-3-11(10-15(13,14)4-2)12-8-6-5-7-9-12/h5-9,11H,3-4,10H2,1-2H3,(H,13,14). The van der Waals surface area contributed by atoms with Gasteiger partial charge >= 0.3 is 0 Å². The van der Waals surface area contributed by atoms with Gasteiger partial charge in [-0.1, -0.05) is 44.2 Å². The summed E-state index contributed by atoms with van der Waals surface area (Å²) in [6.07, 6.45) is 1.69. The lowest BCUT2D eigenvalue weighted by Gasteiger charge is -2.18. The minimum absolute atomic E-state index is 0.210. The molecule has 0 radical (unpaired) electrons. The molecule has 1 N–H and O–H groups in total. The smallest absolute Gasteiger partial charge is 0.200 e. The molecule has 84 valence electrons. The zero-order valence-electron chi connectivity index (χ0n) is 9.39. The summed E-state index contributed by atoms with van der Waals surface area (Å²) in [5.74, 6) is 0.210. The zero-order valence-corrected chi connectivity index (χ0v) is 10.3. The van der Waals surface area contributed by atoms with E-state index in [1.165, 1.54) is 5.56 Å². The molecule has 0 saturated carbocycles. The third-order valence-corrected chi connectivity index (χ3v) is 4.76. The van der Waals surface area contributed by atoms with Crippen LogP contribution in [0.3, 0.4) is 0 Å². The maximum atomic E-state index is 11.7. The highest BCUT2D eigenvalue weighted by atomic mass is 31.2. The Balaban J connectivity index is 2.78. The molecule has 0 amide bonds. The van der Waals surface area contributed by atoms with E-state index in [1.807, 2.05) is 30.3 Å². The van der Waals surface area contributed by atoms with Gasteiger partial charge in [-0.15, -0.1) is 0 Å². The minimum atomic E-state index is -2.91. The largest absolute Gasteiger partial charge is 0.344 e. The van der Waals surface area contributed by atoms with E-state index in [9.17, 15) is 9.46 Å². The van der Waals surface area contributed by atoms with Crippen LogP contribution in [0.25, 0.3) is 0 Å². The Morgan fingerprint density at radius 2 is 1.87 bits per heavy atom. The van der Waals surface area contributed by atoms with Crippen molar-refractivity contribution in [3.05, 3.63) is 35.9 Å². The van der Waals surface area contributed by atoms with Crippen LogP contribution < -0.4 is 0 Å². The number of hydrogen-bond donors (Lipinski definition) is 1. The summed E-state index contributed by atoms with van der Waals surface area (Å²) in [6.45, 7) is 3.84. The average molecular weight is 226 g/mol. The molecule has 0 aliphatic carbocycles. The molecule has 0 saturated heterocycles. The summed E-state index contributed by atoms with van der Waals surface area (Å²) in [5, 5.41) is 0. The molecule has 2 atom stereocenters. The third-order valence-electron chi connectivity index (χ3n) is 2.76. The van der Waals surface area contributed by atoms with E-state index in [0.717, 1.165) is 6.42 Å². The Morgan fingerprint density at radius 1 is 1.27 bits per heavy atom. The summed E-state index contributed by atoms with van der Waals surface area (Å²) in [4.78, 5) is 9.64. The van der Waals surface area contributed by atoms with Crippen molar-refractivity contribution in [1.82, 2.24) is 0 Å². The lowest BCUT2D eigenvalue weighted by atomic mass is 9.99. The number of rotatable bonds is 5. The lowest BCUT2D eigenvalue weighted by Crippen LogP contribution is -2.05. The number of hydrogen-bond acceptors (Lipinski definition) is 1. The van der Waals surface area contributed by atoms with Crippen LogP contribution in [0.5, 0.6) is 0 Å². The van der Waals surface area contributed by atoms with E-state index in [-0.39, 0.29) is 5.92 Å². The molecule has 0 fully saturated rings. The van der Waals surface area contributed by atoms with Crippen molar-refractivity contribution in [2.45, 2.75) is 26.2 Å². The first-order chi connectivity index (χ1) is 7.09. The van der Waals surface area contributed by atoms with E-state index in [1.54, 1.807) is 6.92 Å². The molecule has 15 heavy (non-hydrogen) atoms. The fraction of sp³-hybridized carbons (Fsp3) is 0.500. The maximum absolute atomic E-state index is 11.7. The summed E-state index contributed by atoms with van der Waals surface area (Å²) in [5.41, 5.74) is 1.17. The molecular formula is C12H19O2P. The molecule has 1 aromatic rings. The highest BCUT2D eigenvalue weighted by Crippen LogP contribution is 2.44. The minimum Gasteiger partial charge on any atom is -0.344 e. The van der Waals surface area contributed by atoms with Gasteiger partial charge in [0.2, 0.25) is 7.37 Å². The van der Waals surface area contributed by atoms with E-state index in [0.29, 0.717) is 12.3 Å². The van der Waals surface area contributed by atoms with Crippen LogP contribution >= 0.6 is 7.37 Å². The first kappa shape index (κ1) is 12.5. The molecule has 1 rings (SSSR count). The van der Waals surface area contributed by atoms with Crippen molar-refractivity contribution in [3.8, 4) is 0 Å². The van der Waals surface area contributed by atoms with Crippen molar-refractivity contribution in [2.75, 3.05) is 12.3 Å². The predicted octanol–water partition coefficient (Wildman–Crippen LogP) is 3.47. The molecule has 3 heteroatoms. The second kappa shape index (κ2) is 5.48. The monoisotopic (exact) mass is 226 g/mol. The quantitative estimate of drug-likeness (QED) is 0.780. The van der Waals surface area contributed by atoms with Gasteiger partial charge in [0.15, 0.2) is 0 Å². The average Bonchev–Trinajstić information content (AvgIpc) is 2.27.